The van der Waals surface area contributed by atoms with E-state index in [1.165, 1.54) is 11.0 Å². The van der Waals surface area contributed by atoms with Crippen LogP contribution in [0.5, 0.6) is 0 Å². The summed E-state index contributed by atoms with van der Waals surface area (Å²) in [5, 5.41) is 35.2. The Kier molecular flexibility index (Phi) is 5.22. The largest absolute Gasteiger partial charge is 0.387 e. The van der Waals surface area contributed by atoms with Crippen molar-refractivity contribution in [2.24, 2.45) is 0 Å². The number of anilines is 1. The zero-order valence-corrected chi connectivity index (χ0v) is 17.4. The third-order valence-electron chi connectivity index (χ3n) is 5.29. The van der Waals surface area contributed by atoms with Crippen LogP contribution in [0, 0.1) is 0 Å². The number of rotatable bonds is 6. The van der Waals surface area contributed by atoms with Crippen LogP contribution in [0.25, 0.3) is 28.5 Å². The lowest BCUT2D eigenvalue weighted by Crippen LogP contribution is -2.36. The highest BCUT2D eigenvalue weighted by molar-refractivity contribution is 5.83. The second-order valence-electron chi connectivity index (χ2n) is 7.31. The predicted molar refractivity (Wildman–Crippen MR) is 113 cm³/mol. The fourth-order valence-corrected chi connectivity index (χ4v) is 3.69. The van der Waals surface area contributed by atoms with Crippen LogP contribution < -0.4 is 10.6 Å². The molecule has 0 spiro atoms. The van der Waals surface area contributed by atoms with E-state index in [4.69, 9.17) is 4.74 Å². The van der Waals surface area contributed by atoms with Crippen LogP contribution in [0.2, 0.25) is 0 Å². The molecule has 0 unspecified atom stereocenters. The third kappa shape index (κ3) is 3.36. The van der Waals surface area contributed by atoms with Crippen molar-refractivity contribution in [1.29, 1.82) is 0 Å². The molecule has 1 fully saturated rings. The number of imidazole rings is 1. The number of nitrogens with zero attached hydrogens (tertiary/aromatic N) is 8. The van der Waals surface area contributed by atoms with E-state index in [0.29, 0.717) is 34.9 Å². The molecule has 1 aliphatic heterocycles. The molecule has 13 heteroatoms. The Morgan fingerprint density at radius 2 is 1.97 bits per heavy atom. The monoisotopic (exact) mass is 438 g/mol. The van der Waals surface area contributed by atoms with Crippen molar-refractivity contribution < 1.29 is 14.9 Å². The average Bonchev–Trinajstić information content (AvgIpc) is 3.54. The molecule has 1 saturated heterocycles. The normalized spacial score (nSPS) is 23.1. The van der Waals surface area contributed by atoms with Gasteiger partial charge in [0.15, 0.2) is 23.2 Å². The topological polar surface area (TPSA) is 161 Å². The molecular formula is C19H22N10O3. The van der Waals surface area contributed by atoms with Gasteiger partial charge in [0.1, 0.15) is 24.0 Å². The average molecular weight is 438 g/mol. The Labute approximate surface area is 182 Å². The quantitative estimate of drug-likeness (QED) is 0.303. The summed E-state index contributed by atoms with van der Waals surface area (Å²) in [5.74, 6) is 0.719. The van der Waals surface area contributed by atoms with E-state index in [1.807, 2.05) is 18.2 Å². The second-order valence-corrected chi connectivity index (χ2v) is 7.31. The van der Waals surface area contributed by atoms with Gasteiger partial charge in [-0.25, -0.2) is 4.98 Å². The Hall–Kier alpha value is -3.52. The lowest BCUT2D eigenvalue weighted by atomic mass is 10.1. The molecule has 5 rings (SSSR count). The van der Waals surface area contributed by atoms with E-state index in [-0.39, 0.29) is 5.95 Å². The predicted octanol–water partition coefficient (Wildman–Crippen LogP) is -0.651. The fraction of sp³-hybridized carbons (Fsp3) is 0.368. The van der Waals surface area contributed by atoms with E-state index in [9.17, 15) is 10.2 Å². The SMILES string of the molecule is CNC[C@H]1O[C@@H](n2cnc3c(NC)nc(-n4cc(-c5ccccn5)nn4)nc32)[C@H](O)[C@@H]1O. The number of hydrogen-bond acceptors (Lipinski definition) is 11. The van der Waals surface area contributed by atoms with E-state index in [2.05, 4.69) is 40.9 Å². The smallest absolute Gasteiger partial charge is 0.256 e. The highest BCUT2D eigenvalue weighted by atomic mass is 16.6. The van der Waals surface area contributed by atoms with Crippen LogP contribution in [0.15, 0.2) is 36.9 Å². The van der Waals surface area contributed by atoms with Crippen molar-refractivity contribution in [1.82, 2.24) is 44.8 Å². The van der Waals surface area contributed by atoms with Crippen molar-refractivity contribution in [3.05, 3.63) is 36.9 Å². The molecule has 0 saturated carbocycles. The van der Waals surface area contributed by atoms with Gasteiger partial charge in [0.2, 0.25) is 0 Å². The van der Waals surface area contributed by atoms with Crippen LogP contribution in [-0.2, 0) is 4.74 Å². The zero-order valence-electron chi connectivity index (χ0n) is 17.4. The maximum absolute atomic E-state index is 10.6. The van der Waals surface area contributed by atoms with Gasteiger partial charge in [0.25, 0.3) is 5.95 Å². The summed E-state index contributed by atoms with van der Waals surface area (Å²) in [4.78, 5) is 17.8. The van der Waals surface area contributed by atoms with Crippen LogP contribution in [0.4, 0.5) is 5.82 Å². The number of ether oxygens (including phenoxy) is 1. The first-order valence-electron chi connectivity index (χ1n) is 10.0. The second kappa shape index (κ2) is 8.20. The van der Waals surface area contributed by atoms with Crippen molar-refractivity contribution in [2.75, 3.05) is 26.0 Å². The summed E-state index contributed by atoms with van der Waals surface area (Å²) >= 11 is 0. The van der Waals surface area contributed by atoms with Crippen molar-refractivity contribution in [3.63, 3.8) is 0 Å². The van der Waals surface area contributed by atoms with Crippen molar-refractivity contribution in [2.45, 2.75) is 24.5 Å². The van der Waals surface area contributed by atoms with E-state index in [0.717, 1.165) is 0 Å². The molecule has 5 heterocycles. The zero-order chi connectivity index (χ0) is 22.2. The Balaban J connectivity index is 1.56. The molecular weight excluding hydrogens is 416 g/mol. The number of aromatic nitrogens is 8. The van der Waals surface area contributed by atoms with Crippen LogP contribution in [0.3, 0.4) is 0 Å². The minimum atomic E-state index is -1.15. The number of likely N-dealkylation sites (N-methyl/N-ethyl adjacent to an activating group) is 1. The van der Waals surface area contributed by atoms with Crippen molar-refractivity contribution >= 4 is 17.0 Å². The molecule has 32 heavy (non-hydrogen) atoms. The van der Waals surface area contributed by atoms with Gasteiger partial charge in [-0.3, -0.25) is 9.55 Å². The third-order valence-corrected chi connectivity index (χ3v) is 5.29. The van der Waals surface area contributed by atoms with Crippen LogP contribution >= 0.6 is 0 Å². The summed E-state index contributed by atoms with van der Waals surface area (Å²) in [6.45, 7) is 0.388. The summed E-state index contributed by atoms with van der Waals surface area (Å²) < 4.78 is 8.92. The van der Waals surface area contributed by atoms with E-state index < -0.39 is 24.5 Å². The Morgan fingerprint density at radius 3 is 2.72 bits per heavy atom. The molecule has 0 aliphatic carbocycles. The van der Waals surface area contributed by atoms with Gasteiger partial charge in [-0.1, -0.05) is 11.3 Å². The molecule has 4 aromatic rings. The van der Waals surface area contributed by atoms with E-state index in [1.54, 1.807) is 31.1 Å². The highest BCUT2D eigenvalue weighted by Crippen LogP contribution is 2.32. The molecule has 0 aromatic carbocycles. The Morgan fingerprint density at radius 1 is 1.09 bits per heavy atom. The van der Waals surface area contributed by atoms with Gasteiger partial charge in [-0.2, -0.15) is 14.6 Å². The van der Waals surface area contributed by atoms with Gasteiger partial charge in [-0.15, -0.1) is 5.10 Å². The standard InChI is InChI=1S/C19H22N10O3/c1-20-7-12-14(30)15(31)18(32-12)28-9-23-13-16(21-2)24-19(25-17(13)28)29-8-11(26-27-29)10-5-3-4-6-22-10/h3-6,8-9,12,14-15,18,20,30-31H,7H2,1-2H3,(H,21,24,25)/t12-,14-,15-,18-/m1/s1. The maximum atomic E-state index is 10.6. The van der Waals surface area contributed by atoms with Crippen LogP contribution in [-0.4, -0.2) is 88.7 Å². The molecule has 166 valence electrons. The first kappa shape index (κ1) is 20.4. The van der Waals surface area contributed by atoms with Gasteiger partial charge in [0.05, 0.1) is 18.2 Å². The van der Waals surface area contributed by atoms with Gasteiger partial charge < -0.3 is 25.6 Å². The van der Waals surface area contributed by atoms with Gasteiger partial charge in [0, 0.05) is 19.8 Å². The number of aliphatic hydroxyl groups is 2. The van der Waals surface area contributed by atoms with Gasteiger partial charge in [-0.05, 0) is 19.2 Å². The molecule has 0 radical (unpaired) electrons. The first-order valence-corrected chi connectivity index (χ1v) is 10.0. The molecule has 0 amide bonds. The Bertz CT molecular complexity index is 1230. The molecule has 4 aromatic heterocycles. The molecule has 4 atom stereocenters. The van der Waals surface area contributed by atoms with Crippen LogP contribution in [0.1, 0.15) is 6.23 Å². The summed E-state index contributed by atoms with van der Waals surface area (Å²) in [6, 6.07) is 5.52. The minimum absolute atomic E-state index is 0.248. The molecule has 4 N–H and O–H groups in total. The van der Waals surface area contributed by atoms with E-state index >= 15 is 0 Å². The highest BCUT2D eigenvalue weighted by Gasteiger charge is 2.44. The lowest BCUT2D eigenvalue weighted by Gasteiger charge is -2.17. The molecule has 1 aliphatic rings. The number of hydrogen-bond donors (Lipinski definition) is 4. The number of nitrogens with one attached hydrogen (secondary N) is 2. The summed E-state index contributed by atoms with van der Waals surface area (Å²) in [5.41, 5.74) is 2.14. The maximum Gasteiger partial charge on any atom is 0.256 e. The number of aliphatic hydroxyl groups excluding tert-OH is 2. The fourth-order valence-electron chi connectivity index (χ4n) is 3.69. The number of fused-ring (bicyclic) bond motifs is 1. The first-order chi connectivity index (χ1) is 15.6. The lowest BCUT2D eigenvalue weighted by molar-refractivity contribution is -0.0337. The van der Waals surface area contributed by atoms with Crippen molar-refractivity contribution in [3.8, 4) is 17.3 Å². The summed E-state index contributed by atoms with van der Waals surface area (Å²) in [6.07, 6.45) is 1.23. The molecule has 13 nitrogen and oxygen atoms in total. The van der Waals surface area contributed by atoms with Gasteiger partial charge >= 0.3 is 0 Å². The summed E-state index contributed by atoms with van der Waals surface area (Å²) in [7, 11) is 3.47. The molecule has 0 bridgehead atoms. The number of pyridine rings is 1. The minimum Gasteiger partial charge on any atom is -0.387 e.